The number of amides is 1. The molecule has 0 unspecified atom stereocenters. The Bertz CT molecular complexity index is 840. The van der Waals surface area contributed by atoms with Gasteiger partial charge in [0.1, 0.15) is 17.8 Å². The second kappa shape index (κ2) is 5.28. The van der Waals surface area contributed by atoms with Crippen LogP contribution in [-0.4, -0.2) is 10.9 Å². The molecule has 5 heteroatoms. The van der Waals surface area contributed by atoms with E-state index in [1.807, 2.05) is 48.5 Å². The van der Waals surface area contributed by atoms with Crippen LogP contribution in [0.4, 0.5) is 6.01 Å². The van der Waals surface area contributed by atoms with E-state index in [1.54, 1.807) is 6.92 Å². The molecule has 0 radical (unpaired) electrons. The van der Waals surface area contributed by atoms with Crippen molar-refractivity contribution in [1.82, 2.24) is 4.98 Å². The van der Waals surface area contributed by atoms with Crippen LogP contribution in [0.25, 0.3) is 0 Å². The van der Waals surface area contributed by atoms with Crippen LogP contribution in [0.15, 0.2) is 59.2 Å². The fraction of sp³-hybridized carbons (Fsp3) is 0.111. The maximum absolute atomic E-state index is 12.8. The first-order valence-electron chi connectivity index (χ1n) is 7.31. The van der Waals surface area contributed by atoms with Crippen molar-refractivity contribution in [3.8, 4) is 11.5 Å². The lowest BCUT2D eigenvalue weighted by Gasteiger charge is -2.26. The van der Waals surface area contributed by atoms with Crippen molar-refractivity contribution in [2.75, 3.05) is 5.32 Å². The Morgan fingerprint density at radius 1 is 1.04 bits per heavy atom. The summed E-state index contributed by atoms with van der Waals surface area (Å²) in [6.45, 7) is 1.80. The zero-order valence-electron chi connectivity index (χ0n) is 12.4. The van der Waals surface area contributed by atoms with Crippen LogP contribution < -0.4 is 10.1 Å². The first-order chi connectivity index (χ1) is 11.2. The number of hydrogen-bond acceptors (Lipinski definition) is 4. The number of nitrogens with one attached hydrogen (secondary N) is 1. The Kier molecular flexibility index (Phi) is 3.12. The third-order valence-electron chi connectivity index (χ3n) is 3.79. The second-order valence-electron chi connectivity index (χ2n) is 5.39. The minimum Gasteiger partial charge on any atom is -0.457 e. The molecule has 0 atom stereocenters. The number of aromatic nitrogens is 1. The van der Waals surface area contributed by atoms with E-state index < -0.39 is 5.92 Å². The van der Waals surface area contributed by atoms with Gasteiger partial charge >= 0.3 is 6.01 Å². The summed E-state index contributed by atoms with van der Waals surface area (Å²) in [6.07, 6.45) is 1.50. The summed E-state index contributed by atoms with van der Waals surface area (Å²) in [4.78, 5) is 17.0. The predicted octanol–water partition coefficient (Wildman–Crippen LogP) is 3.86. The van der Waals surface area contributed by atoms with Gasteiger partial charge in [-0.2, -0.15) is 4.98 Å². The van der Waals surface area contributed by atoms with E-state index >= 15 is 0 Å². The molecule has 114 valence electrons. The molecule has 0 bridgehead atoms. The standard InChI is InChI=1S/C18H14N2O3/c1-11-10-22-18(19-11)20-17(21)16-12-6-2-4-8-14(12)23-15-9-5-3-7-13(15)16/h2-10,16H,1H3,(H,19,20,21). The van der Waals surface area contributed by atoms with Crippen LogP contribution in [0.5, 0.6) is 11.5 Å². The molecule has 0 aliphatic carbocycles. The number of anilines is 1. The van der Waals surface area contributed by atoms with Crippen LogP contribution in [-0.2, 0) is 4.79 Å². The van der Waals surface area contributed by atoms with E-state index in [9.17, 15) is 4.79 Å². The highest BCUT2D eigenvalue weighted by Crippen LogP contribution is 2.44. The molecule has 0 saturated heterocycles. The Balaban J connectivity index is 1.76. The van der Waals surface area contributed by atoms with E-state index in [0.29, 0.717) is 17.2 Å². The van der Waals surface area contributed by atoms with Crippen LogP contribution >= 0.6 is 0 Å². The average Bonchev–Trinajstić information content (AvgIpc) is 2.97. The number of carbonyl (C=O) groups excluding carboxylic acids is 1. The van der Waals surface area contributed by atoms with Crippen LogP contribution in [0.1, 0.15) is 22.7 Å². The number of carbonyl (C=O) groups is 1. The van der Waals surface area contributed by atoms with E-state index in [1.165, 1.54) is 6.26 Å². The highest BCUT2D eigenvalue weighted by Gasteiger charge is 2.32. The number of nitrogens with zero attached hydrogens (tertiary/aromatic N) is 1. The normalized spacial score (nSPS) is 12.9. The van der Waals surface area contributed by atoms with Gasteiger partial charge in [-0.05, 0) is 19.1 Å². The molecule has 1 aliphatic heterocycles. The third kappa shape index (κ3) is 2.36. The van der Waals surface area contributed by atoms with Crippen molar-refractivity contribution in [2.24, 2.45) is 0 Å². The summed E-state index contributed by atoms with van der Waals surface area (Å²) in [6, 6.07) is 15.3. The first kappa shape index (κ1) is 13.6. The smallest absolute Gasteiger partial charge is 0.301 e. The van der Waals surface area contributed by atoms with Gasteiger partial charge in [-0.15, -0.1) is 0 Å². The summed E-state index contributed by atoms with van der Waals surface area (Å²) in [5.74, 6) is 0.711. The second-order valence-corrected chi connectivity index (χ2v) is 5.39. The van der Waals surface area contributed by atoms with Crippen molar-refractivity contribution in [3.05, 3.63) is 71.6 Å². The number of fused-ring (bicyclic) bond motifs is 2. The minimum atomic E-state index is -0.469. The molecule has 1 aliphatic rings. The molecule has 0 fully saturated rings. The van der Waals surface area contributed by atoms with Gasteiger partial charge in [0.05, 0.1) is 11.6 Å². The maximum Gasteiger partial charge on any atom is 0.301 e. The lowest BCUT2D eigenvalue weighted by molar-refractivity contribution is -0.117. The quantitative estimate of drug-likeness (QED) is 0.781. The van der Waals surface area contributed by atoms with Crippen LogP contribution in [0.2, 0.25) is 0 Å². The third-order valence-corrected chi connectivity index (χ3v) is 3.79. The summed E-state index contributed by atoms with van der Waals surface area (Å²) in [5.41, 5.74) is 2.37. The molecule has 1 N–H and O–H groups in total. The molecule has 5 nitrogen and oxygen atoms in total. The number of benzene rings is 2. The highest BCUT2D eigenvalue weighted by molar-refractivity contribution is 5.98. The molecule has 0 saturated carbocycles. The number of rotatable bonds is 2. The van der Waals surface area contributed by atoms with Crippen LogP contribution in [0, 0.1) is 6.92 Å². The fourth-order valence-corrected chi connectivity index (χ4v) is 2.78. The molecule has 1 aromatic heterocycles. The van der Waals surface area contributed by atoms with Crippen molar-refractivity contribution in [1.29, 1.82) is 0 Å². The molecule has 0 spiro atoms. The lowest BCUT2D eigenvalue weighted by atomic mass is 9.87. The van der Waals surface area contributed by atoms with Gasteiger partial charge in [-0.1, -0.05) is 36.4 Å². The Hall–Kier alpha value is -3.08. The van der Waals surface area contributed by atoms with Crippen molar-refractivity contribution in [2.45, 2.75) is 12.8 Å². The number of hydrogen-bond donors (Lipinski definition) is 1. The fourth-order valence-electron chi connectivity index (χ4n) is 2.78. The zero-order chi connectivity index (χ0) is 15.8. The Labute approximate surface area is 132 Å². The monoisotopic (exact) mass is 306 g/mol. The number of aryl methyl sites for hydroxylation is 1. The zero-order valence-corrected chi connectivity index (χ0v) is 12.4. The summed E-state index contributed by atoms with van der Waals surface area (Å²) >= 11 is 0. The molecule has 2 heterocycles. The number of oxazole rings is 1. The van der Waals surface area contributed by atoms with E-state index in [4.69, 9.17) is 9.15 Å². The lowest BCUT2D eigenvalue weighted by Crippen LogP contribution is -2.25. The topological polar surface area (TPSA) is 64.4 Å². The maximum atomic E-state index is 12.8. The van der Waals surface area contributed by atoms with Gasteiger partial charge in [-0.3, -0.25) is 10.1 Å². The SMILES string of the molecule is Cc1coc(NC(=O)C2c3ccccc3Oc3ccccc32)n1. The van der Waals surface area contributed by atoms with Crippen LogP contribution in [0.3, 0.4) is 0 Å². The molecule has 2 aromatic carbocycles. The Morgan fingerprint density at radius 3 is 2.22 bits per heavy atom. The number of para-hydroxylation sites is 2. The summed E-state index contributed by atoms with van der Waals surface area (Å²) < 4.78 is 11.1. The van der Waals surface area contributed by atoms with Gasteiger partial charge in [0.15, 0.2) is 0 Å². The van der Waals surface area contributed by atoms with Gasteiger partial charge < -0.3 is 9.15 Å². The molecule has 1 amide bonds. The van der Waals surface area contributed by atoms with E-state index in [0.717, 1.165) is 11.1 Å². The van der Waals surface area contributed by atoms with Gasteiger partial charge in [0.25, 0.3) is 0 Å². The van der Waals surface area contributed by atoms with E-state index in [2.05, 4.69) is 10.3 Å². The number of ether oxygens (including phenoxy) is 1. The van der Waals surface area contributed by atoms with Gasteiger partial charge in [0.2, 0.25) is 5.91 Å². The van der Waals surface area contributed by atoms with E-state index in [-0.39, 0.29) is 11.9 Å². The minimum absolute atomic E-state index is 0.199. The van der Waals surface area contributed by atoms with Gasteiger partial charge in [-0.25, -0.2) is 0 Å². The van der Waals surface area contributed by atoms with Crippen molar-refractivity contribution >= 4 is 11.9 Å². The molecule has 4 rings (SSSR count). The first-order valence-corrected chi connectivity index (χ1v) is 7.31. The summed E-state index contributed by atoms with van der Waals surface area (Å²) in [7, 11) is 0. The Morgan fingerprint density at radius 2 is 1.65 bits per heavy atom. The van der Waals surface area contributed by atoms with Crippen molar-refractivity contribution < 1.29 is 13.9 Å². The van der Waals surface area contributed by atoms with Gasteiger partial charge in [0, 0.05) is 11.1 Å². The molecular weight excluding hydrogens is 292 g/mol. The molecule has 23 heavy (non-hydrogen) atoms. The highest BCUT2D eigenvalue weighted by atomic mass is 16.5. The average molecular weight is 306 g/mol. The molecule has 3 aromatic rings. The summed E-state index contributed by atoms with van der Waals surface area (Å²) in [5, 5.41) is 2.74. The molecular formula is C18H14N2O3. The van der Waals surface area contributed by atoms with Crippen molar-refractivity contribution in [3.63, 3.8) is 0 Å². The predicted molar refractivity (Wildman–Crippen MR) is 84.7 cm³/mol. The largest absolute Gasteiger partial charge is 0.457 e.